The van der Waals surface area contributed by atoms with Crippen molar-refractivity contribution in [3.63, 3.8) is 0 Å². The number of rotatable bonds is 4. The molecule has 1 aromatic carbocycles. The van der Waals surface area contributed by atoms with Crippen molar-refractivity contribution in [3.05, 3.63) is 35.2 Å². The van der Waals surface area contributed by atoms with Crippen LogP contribution in [-0.4, -0.2) is 9.55 Å². The summed E-state index contributed by atoms with van der Waals surface area (Å²) in [4.78, 5) is 4.74. The van der Waals surface area contributed by atoms with Gasteiger partial charge in [0.15, 0.2) is 0 Å². The SMILES string of the molecule is CCCn1c(CC)nc(-c2cc(C)cc(C)c2)c1N. The van der Waals surface area contributed by atoms with Crippen LogP contribution in [0.2, 0.25) is 0 Å². The summed E-state index contributed by atoms with van der Waals surface area (Å²) in [5.41, 5.74) is 10.8. The van der Waals surface area contributed by atoms with Gasteiger partial charge in [-0.25, -0.2) is 4.98 Å². The first-order valence-electron chi connectivity index (χ1n) is 7.00. The Morgan fingerprint density at radius 2 is 1.74 bits per heavy atom. The van der Waals surface area contributed by atoms with Gasteiger partial charge in [0.2, 0.25) is 0 Å². The quantitative estimate of drug-likeness (QED) is 0.907. The van der Waals surface area contributed by atoms with Crippen LogP contribution < -0.4 is 5.73 Å². The highest BCUT2D eigenvalue weighted by atomic mass is 15.1. The number of nitrogens with zero attached hydrogens (tertiary/aromatic N) is 2. The maximum absolute atomic E-state index is 6.30. The fourth-order valence-electron chi connectivity index (χ4n) is 2.58. The summed E-state index contributed by atoms with van der Waals surface area (Å²) in [6.07, 6.45) is 1.98. The molecule has 0 amide bonds. The molecule has 0 radical (unpaired) electrons. The Hall–Kier alpha value is -1.77. The molecule has 2 rings (SSSR count). The van der Waals surface area contributed by atoms with Crippen LogP contribution in [0.4, 0.5) is 5.82 Å². The van der Waals surface area contributed by atoms with Crippen LogP contribution in [0.1, 0.15) is 37.2 Å². The van der Waals surface area contributed by atoms with Crippen molar-refractivity contribution in [2.75, 3.05) is 5.73 Å². The fourth-order valence-corrected chi connectivity index (χ4v) is 2.58. The summed E-state index contributed by atoms with van der Waals surface area (Å²) in [6.45, 7) is 9.44. The second-order valence-corrected chi connectivity index (χ2v) is 5.14. The van der Waals surface area contributed by atoms with Gasteiger partial charge >= 0.3 is 0 Å². The van der Waals surface area contributed by atoms with Gasteiger partial charge in [0.1, 0.15) is 17.3 Å². The summed E-state index contributed by atoms with van der Waals surface area (Å²) in [5.74, 6) is 1.87. The molecule has 1 aromatic heterocycles. The molecule has 1 heterocycles. The summed E-state index contributed by atoms with van der Waals surface area (Å²) >= 11 is 0. The Balaban J connectivity index is 2.56. The van der Waals surface area contributed by atoms with Crippen molar-refractivity contribution in [1.82, 2.24) is 9.55 Å². The Bertz CT molecular complexity index is 562. The molecule has 0 fully saturated rings. The number of hydrogen-bond donors (Lipinski definition) is 1. The first kappa shape index (κ1) is 13.7. The smallest absolute Gasteiger partial charge is 0.131 e. The van der Waals surface area contributed by atoms with Gasteiger partial charge < -0.3 is 10.3 Å². The Morgan fingerprint density at radius 3 is 2.26 bits per heavy atom. The zero-order valence-corrected chi connectivity index (χ0v) is 12.3. The molecule has 0 aliphatic heterocycles. The van der Waals surface area contributed by atoms with E-state index in [1.54, 1.807) is 0 Å². The molecule has 0 bridgehead atoms. The number of anilines is 1. The molecule has 0 atom stereocenters. The Labute approximate surface area is 115 Å². The first-order chi connectivity index (χ1) is 9.06. The second-order valence-electron chi connectivity index (χ2n) is 5.14. The summed E-state index contributed by atoms with van der Waals surface area (Å²) < 4.78 is 2.15. The van der Waals surface area contributed by atoms with Crippen LogP contribution in [0, 0.1) is 13.8 Å². The van der Waals surface area contributed by atoms with Crippen LogP contribution in [0.15, 0.2) is 18.2 Å². The minimum atomic E-state index is 0.795. The molecule has 0 unspecified atom stereocenters. The van der Waals surface area contributed by atoms with E-state index >= 15 is 0 Å². The fraction of sp³-hybridized carbons (Fsp3) is 0.438. The van der Waals surface area contributed by atoms with Crippen LogP contribution in [0.25, 0.3) is 11.3 Å². The number of aromatic nitrogens is 2. The van der Waals surface area contributed by atoms with Crippen molar-refractivity contribution in [2.45, 2.75) is 47.1 Å². The van der Waals surface area contributed by atoms with Gasteiger partial charge in [0.25, 0.3) is 0 Å². The zero-order chi connectivity index (χ0) is 14.0. The number of nitrogens with two attached hydrogens (primary N) is 1. The molecule has 19 heavy (non-hydrogen) atoms. The number of hydrogen-bond acceptors (Lipinski definition) is 2. The van der Waals surface area contributed by atoms with E-state index in [-0.39, 0.29) is 0 Å². The average molecular weight is 257 g/mol. The van der Waals surface area contributed by atoms with Crippen molar-refractivity contribution >= 4 is 5.82 Å². The lowest BCUT2D eigenvalue weighted by Gasteiger charge is -2.07. The van der Waals surface area contributed by atoms with E-state index in [2.05, 4.69) is 50.5 Å². The van der Waals surface area contributed by atoms with E-state index in [0.717, 1.165) is 42.3 Å². The minimum absolute atomic E-state index is 0.795. The number of nitrogen functional groups attached to an aromatic ring is 1. The van der Waals surface area contributed by atoms with Crippen LogP contribution >= 0.6 is 0 Å². The first-order valence-corrected chi connectivity index (χ1v) is 7.00. The molecule has 0 aliphatic carbocycles. The van der Waals surface area contributed by atoms with E-state index < -0.39 is 0 Å². The number of benzene rings is 1. The normalized spacial score (nSPS) is 10.9. The predicted octanol–water partition coefficient (Wildman–Crippen LogP) is 3.72. The molecule has 0 saturated carbocycles. The highest BCUT2D eigenvalue weighted by Gasteiger charge is 2.14. The van der Waals surface area contributed by atoms with Gasteiger partial charge in [-0.05, 0) is 32.4 Å². The topological polar surface area (TPSA) is 43.8 Å². The number of aryl methyl sites for hydroxylation is 3. The van der Waals surface area contributed by atoms with Gasteiger partial charge in [-0.2, -0.15) is 0 Å². The molecule has 102 valence electrons. The monoisotopic (exact) mass is 257 g/mol. The van der Waals surface area contributed by atoms with Gasteiger partial charge in [0.05, 0.1) is 0 Å². The maximum Gasteiger partial charge on any atom is 0.131 e. The van der Waals surface area contributed by atoms with Gasteiger partial charge in [-0.3, -0.25) is 0 Å². The molecule has 3 nitrogen and oxygen atoms in total. The van der Waals surface area contributed by atoms with E-state index in [9.17, 15) is 0 Å². The van der Waals surface area contributed by atoms with Crippen molar-refractivity contribution < 1.29 is 0 Å². The molecular weight excluding hydrogens is 234 g/mol. The summed E-state index contributed by atoms with van der Waals surface area (Å²) in [7, 11) is 0. The van der Waals surface area contributed by atoms with Crippen molar-refractivity contribution in [3.8, 4) is 11.3 Å². The Kier molecular flexibility index (Phi) is 3.93. The largest absolute Gasteiger partial charge is 0.383 e. The molecule has 2 N–H and O–H groups in total. The minimum Gasteiger partial charge on any atom is -0.383 e. The number of imidazole rings is 1. The van der Waals surface area contributed by atoms with Crippen LogP contribution in [0.5, 0.6) is 0 Å². The van der Waals surface area contributed by atoms with Crippen molar-refractivity contribution in [1.29, 1.82) is 0 Å². The van der Waals surface area contributed by atoms with Crippen LogP contribution in [0.3, 0.4) is 0 Å². The lowest BCUT2D eigenvalue weighted by atomic mass is 10.1. The van der Waals surface area contributed by atoms with Gasteiger partial charge in [-0.1, -0.05) is 31.0 Å². The van der Waals surface area contributed by atoms with E-state index in [4.69, 9.17) is 10.7 Å². The molecule has 0 aliphatic rings. The third-order valence-electron chi connectivity index (χ3n) is 3.34. The maximum atomic E-state index is 6.30. The second kappa shape index (κ2) is 5.47. The van der Waals surface area contributed by atoms with Gasteiger partial charge in [0, 0.05) is 18.5 Å². The zero-order valence-electron chi connectivity index (χ0n) is 12.3. The lowest BCUT2D eigenvalue weighted by Crippen LogP contribution is -2.06. The highest BCUT2D eigenvalue weighted by molar-refractivity contribution is 5.72. The molecule has 2 aromatic rings. The molecular formula is C16H23N3. The third-order valence-corrected chi connectivity index (χ3v) is 3.34. The molecule has 0 spiro atoms. The molecule has 3 heteroatoms. The highest BCUT2D eigenvalue weighted by Crippen LogP contribution is 2.28. The van der Waals surface area contributed by atoms with Crippen molar-refractivity contribution in [2.24, 2.45) is 0 Å². The predicted molar refractivity (Wildman–Crippen MR) is 81.2 cm³/mol. The standard InChI is InChI=1S/C16H23N3/c1-5-7-19-14(6-2)18-15(16(19)17)13-9-11(3)8-12(4)10-13/h8-10H,5-7,17H2,1-4H3. The average Bonchev–Trinajstić information content (AvgIpc) is 2.66. The Morgan fingerprint density at radius 1 is 1.11 bits per heavy atom. The van der Waals surface area contributed by atoms with Crippen LogP contribution in [-0.2, 0) is 13.0 Å². The van der Waals surface area contributed by atoms with E-state index in [1.165, 1.54) is 11.1 Å². The van der Waals surface area contributed by atoms with Gasteiger partial charge in [-0.15, -0.1) is 0 Å². The molecule has 0 saturated heterocycles. The summed E-state index contributed by atoms with van der Waals surface area (Å²) in [5, 5.41) is 0. The lowest BCUT2D eigenvalue weighted by molar-refractivity contribution is 0.650. The third kappa shape index (κ3) is 2.65. The summed E-state index contributed by atoms with van der Waals surface area (Å²) in [6, 6.07) is 6.48. The van der Waals surface area contributed by atoms with E-state index in [1.807, 2.05) is 0 Å². The van der Waals surface area contributed by atoms with E-state index in [0.29, 0.717) is 0 Å².